The fraction of sp³-hybridized carbons (Fsp3) is 0.462. The Morgan fingerprint density at radius 3 is 2.41 bits per heavy atom. The zero-order valence-electron chi connectivity index (χ0n) is 9.75. The molecule has 2 rings (SSSR count). The third kappa shape index (κ3) is 2.62. The molecule has 0 unspecified atom stereocenters. The minimum Gasteiger partial charge on any atom is -0.335 e. The van der Waals surface area contributed by atoms with E-state index in [4.69, 9.17) is 0 Å². The maximum atomic E-state index is 13.5. The molecule has 92 valence electrons. The van der Waals surface area contributed by atoms with E-state index in [0.717, 1.165) is 12.8 Å². The summed E-state index contributed by atoms with van der Waals surface area (Å²) in [5, 5.41) is 0. The van der Waals surface area contributed by atoms with Crippen LogP contribution in [0.1, 0.15) is 31.7 Å². The first-order valence-corrected chi connectivity index (χ1v) is 5.85. The van der Waals surface area contributed by atoms with Crippen LogP contribution in [0.25, 0.3) is 0 Å². The van der Waals surface area contributed by atoms with Crippen molar-refractivity contribution in [2.24, 2.45) is 0 Å². The Morgan fingerprint density at radius 1 is 1.35 bits per heavy atom. The number of benzene rings is 1. The Hall–Kier alpha value is -1.45. The van der Waals surface area contributed by atoms with E-state index in [-0.39, 0.29) is 24.1 Å². The normalized spacial score (nSPS) is 14.8. The molecule has 1 amide bonds. The average molecular weight is 239 g/mol. The maximum absolute atomic E-state index is 13.5. The molecule has 0 saturated heterocycles. The lowest BCUT2D eigenvalue weighted by molar-refractivity contribution is -0.132. The Bertz CT molecular complexity index is 409. The highest BCUT2D eigenvalue weighted by Gasteiger charge is 2.32. The van der Waals surface area contributed by atoms with Gasteiger partial charge in [-0.2, -0.15) is 0 Å². The summed E-state index contributed by atoms with van der Waals surface area (Å²) in [4.78, 5) is 13.3. The first kappa shape index (κ1) is 12.0. The Labute approximate surface area is 99.2 Å². The van der Waals surface area contributed by atoms with Crippen molar-refractivity contribution >= 4 is 5.91 Å². The summed E-state index contributed by atoms with van der Waals surface area (Å²) in [5.74, 6) is -1.21. The quantitative estimate of drug-likeness (QED) is 0.791. The summed E-state index contributed by atoms with van der Waals surface area (Å²) in [6.45, 7) is 1.80. The Morgan fingerprint density at radius 2 is 1.94 bits per heavy atom. The van der Waals surface area contributed by atoms with Crippen molar-refractivity contribution in [3.8, 4) is 0 Å². The van der Waals surface area contributed by atoms with Gasteiger partial charge in [0.2, 0.25) is 5.91 Å². The summed E-state index contributed by atoms with van der Waals surface area (Å²) in [7, 11) is 0. The monoisotopic (exact) mass is 239 g/mol. The third-order valence-electron chi connectivity index (χ3n) is 3.00. The van der Waals surface area contributed by atoms with Gasteiger partial charge >= 0.3 is 0 Å². The van der Waals surface area contributed by atoms with E-state index in [2.05, 4.69) is 0 Å². The number of hydrogen-bond acceptors (Lipinski definition) is 1. The smallest absolute Gasteiger partial charge is 0.222 e. The second-order valence-corrected chi connectivity index (χ2v) is 4.31. The van der Waals surface area contributed by atoms with Gasteiger partial charge in [0, 0.05) is 18.0 Å². The van der Waals surface area contributed by atoms with Crippen LogP contribution in [0.3, 0.4) is 0 Å². The molecule has 0 aromatic heterocycles. The van der Waals surface area contributed by atoms with Gasteiger partial charge < -0.3 is 4.90 Å². The van der Waals surface area contributed by atoms with Crippen LogP contribution >= 0.6 is 0 Å². The molecule has 2 nitrogen and oxygen atoms in total. The predicted octanol–water partition coefficient (Wildman–Crippen LogP) is 2.87. The van der Waals surface area contributed by atoms with Gasteiger partial charge in [-0.15, -0.1) is 0 Å². The lowest BCUT2D eigenvalue weighted by Crippen LogP contribution is -2.32. The van der Waals surface area contributed by atoms with Gasteiger partial charge in [0.15, 0.2) is 0 Å². The van der Waals surface area contributed by atoms with Gasteiger partial charge in [-0.05, 0) is 25.0 Å². The summed E-state index contributed by atoms with van der Waals surface area (Å²) < 4.78 is 27.0. The molecule has 4 heteroatoms. The lowest BCUT2D eigenvalue weighted by Gasteiger charge is -2.22. The second kappa shape index (κ2) is 4.82. The van der Waals surface area contributed by atoms with Crippen LogP contribution in [0.15, 0.2) is 18.2 Å². The highest BCUT2D eigenvalue weighted by Crippen LogP contribution is 2.29. The molecular formula is C13H15F2NO. The molecule has 0 heterocycles. The minimum absolute atomic E-state index is 0.0128. The molecule has 1 saturated carbocycles. The van der Waals surface area contributed by atoms with Crippen LogP contribution in [0.2, 0.25) is 0 Å². The van der Waals surface area contributed by atoms with Crippen molar-refractivity contribution in [3.05, 3.63) is 35.4 Å². The molecular weight excluding hydrogens is 224 g/mol. The number of nitrogens with zero attached hydrogens (tertiary/aromatic N) is 1. The number of carbonyl (C=O) groups excluding carboxylic acids is 1. The zero-order chi connectivity index (χ0) is 12.4. The largest absolute Gasteiger partial charge is 0.335 e. The van der Waals surface area contributed by atoms with Crippen molar-refractivity contribution in [1.82, 2.24) is 4.90 Å². The van der Waals surface area contributed by atoms with E-state index >= 15 is 0 Å². The number of hydrogen-bond donors (Lipinski definition) is 0. The summed E-state index contributed by atoms with van der Waals surface area (Å²) in [6, 6.07) is 3.94. The predicted molar refractivity (Wildman–Crippen MR) is 60.2 cm³/mol. The molecule has 1 aromatic carbocycles. The van der Waals surface area contributed by atoms with E-state index in [1.807, 2.05) is 0 Å². The summed E-state index contributed by atoms with van der Waals surface area (Å²) in [6.07, 6.45) is 2.23. The van der Waals surface area contributed by atoms with E-state index in [1.165, 1.54) is 18.2 Å². The zero-order valence-corrected chi connectivity index (χ0v) is 9.75. The van der Waals surface area contributed by atoms with E-state index in [0.29, 0.717) is 6.42 Å². The van der Waals surface area contributed by atoms with Crippen molar-refractivity contribution in [1.29, 1.82) is 0 Å². The minimum atomic E-state index is -0.584. The number of halogens is 2. The molecule has 1 aromatic rings. The molecule has 1 aliphatic carbocycles. The lowest BCUT2D eigenvalue weighted by atomic mass is 10.1. The van der Waals surface area contributed by atoms with E-state index < -0.39 is 11.6 Å². The standard InChI is InChI=1S/C13H15F2NO/c1-2-13(17)16(9-6-7-9)8-10-11(14)4-3-5-12(10)15/h3-5,9H,2,6-8H2,1H3. The van der Waals surface area contributed by atoms with Gasteiger partial charge in [0.1, 0.15) is 11.6 Å². The van der Waals surface area contributed by atoms with Crippen molar-refractivity contribution in [2.45, 2.75) is 38.8 Å². The van der Waals surface area contributed by atoms with Crippen LogP contribution < -0.4 is 0 Å². The van der Waals surface area contributed by atoms with E-state index in [9.17, 15) is 13.6 Å². The average Bonchev–Trinajstić information content (AvgIpc) is 3.12. The van der Waals surface area contributed by atoms with Crippen molar-refractivity contribution < 1.29 is 13.6 Å². The molecule has 0 radical (unpaired) electrons. The molecule has 0 N–H and O–H groups in total. The summed E-state index contributed by atoms with van der Waals surface area (Å²) >= 11 is 0. The molecule has 1 fully saturated rings. The fourth-order valence-corrected chi connectivity index (χ4v) is 1.86. The topological polar surface area (TPSA) is 20.3 Å². The van der Waals surface area contributed by atoms with Crippen LogP contribution in [0.5, 0.6) is 0 Å². The number of carbonyl (C=O) groups is 1. The van der Waals surface area contributed by atoms with Gasteiger partial charge in [-0.1, -0.05) is 13.0 Å². The first-order chi connectivity index (χ1) is 8.13. The molecule has 1 aliphatic rings. The Balaban J connectivity index is 2.20. The third-order valence-corrected chi connectivity index (χ3v) is 3.00. The maximum Gasteiger partial charge on any atom is 0.222 e. The van der Waals surface area contributed by atoms with Crippen molar-refractivity contribution in [3.63, 3.8) is 0 Å². The first-order valence-electron chi connectivity index (χ1n) is 5.85. The van der Waals surface area contributed by atoms with Gasteiger partial charge in [-0.25, -0.2) is 8.78 Å². The molecule has 0 spiro atoms. The highest BCUT2D eigenvalue weighted by molar-refractivity contribution is 5.76. The van der Waals surface area contributed by atoms with Crippen LogP contribution in [0.4, 0.5) is 8.78 Å². The molecule has 0 bridgehead atoms. The fourth-order valence-electron chi connectivity index (χ4n) is 1.86. The van der Waals surface area contributed by atoms with Crippen LogP contribution in [0, 0.1) is 11.6 Å². The SMILES string of the molecule is CCC(=O)N(Cc1c(F)cccc1F)C1CC1. The van der Waals surface area contributed by atoms with E-state index in [1.54, 1.807) is 11.8 Å². The molecule has 17 heavy (non-hydrogen) atoms. The van der Waals surface area contributed by atoms with Crippen LogP contribution in [-0.4, -0.2) is 16.8 Å². The number of amides is 1. The van der Waals surface area contributed by atoms with Crippen LogP contribution in [-0.2, 0) is 11.3 Å². The molecule has 0 atom stereocenters. The van der Waals surface area contributed by atoms with Crippen molar-refractivity contribution in [2.75, 3.05) is 0 Å². The molecule has 0 aliphatic heterocycles. The Kier molecular flexibility index (Phi) is 3.41. The van der Waals surface area contributed by atoms with Gasteiger partial charge in [0.25, 0.3) is 0 Å². The summed E-state index contributed by atoms with van der Waals surface area (Å²) in [5.41, 5.74) is -0.0128. The second-order valence-electron chi connectivity index (χ2n) is 4.31. The van der Waals surface area contributed by atoms with Gasteiger partial charge in [0.05, 0.1) is 6.54 Å². The van der Waals surface area contributed by atoms with Gasteiger partial charge in [-0.3, -0.25) is 4.79 Å². The highest BCUT2D eigenvalue weighted by atomic mass is 19.1. The number of rotatable bonds is 4.